The van der Waals surface area contributed by atoms with Gasteiger partial charge in [0.1, 0.15) is 24.4 Å². The molecule has 0 N–H and O–H groups in total. The standard InChI is InChI=1S/C17H18F2O3/c1-10-4-2-3-5-14(10)21-6-7-22-15(20)16-12-8-11(9-13(12)16)17(16,18)19/h2-5,11-13H,6-9H2,1H3. The Morgan fingerprint density at radius 2 is 1.91 bits per heavy atom. The average Bonchev–Trinajstić information content (AvgIpc) is 2.75. The van der Waals surface area contributed by atoms with Crippen molar-refractivity contribution in [2.24, 2.45) is 23.2 Å². The van der Waals surface area contributed by atoms with Gasteiger partial charge in [-0.3, -0.25) is 4.79 Å². The van der Waals surface area contributed by atoms with Gasteiger partial charge in [0, 0.05) is 5.92 Å². The van der Waals surface area contributed by atoms with Gasteiger partial charge in [0.15, 0.2) is 0 Å². The second kappa shape index (κ2) is 4.43. The molecule has 1 aromatic carbocycles. The van der Waals surface area contributed by atoms with Crippen molar-refractivity contribution in [1.29, 1.82) is 0 Å². The Morgan fingerprint density at radius 3 is 2.50 bits per heavy atom. The molecule has 2 atom stereocenters. The van der Waals surface area contributed by atoms with Crippen LogP contribution in [0, 0.1) is 30.1 Å². The highest BCUT2D eigenvalue weighted by Crippen LogP contribution is 2.84. The molecule has 1 aromatic rings. The molecule has 0 spiro atoms. The van der Waals surface area contributed by atoms with Crippen molar-refractivity contribution in [2.45, 2.75) is 25.7 Å². The average molecular weight is 308 g/mol. The van der Waals surface area contributed by atoms with Crippen molar-refractivity contribution < 1.29 is 23.0 Å². The summed E-state index contributed by atoms with van der Waals surface area (Å²) in [4.78, 5) is 12.2. The summed E-state index contributed by atoms with van der Waals surface area (Å²) in [5.41, 5.74) is -0.516. The Kier molecular flexibility index (Phi) is 2.81. The van der Waals surface area contributed by atoms with Crippen LogP contribution in [0.5, 0.6) is 5.75 Å². The molecule has 4 bridgehead atoms. The molecule has 118 valence electrons. The van der Waals surface area contributed by atoms with E-state index in [0.29, 0.717) is 12.8 Å². The van der Waals surface area contributed by atoms with Gasteiger partial charge in [-0.15, -0.1) is 0 Å². The molecule has 4 fully saturated rings. The van der Waals surface area contributed by atoms with Crippen molar-refractivity contribution >= 4 is 5.97 Å². The predicted molar refractivity (Wildman–Crippen MR) is 74.7 cm³/mol. The number of benzene rings is 1. The van der Waals surface area contributed by atoms with E-state index in [-0.39, 0.29) is 25.0 Å². The second-order valence-corrected chi connectivity index (χ2v) is 6.62. The highest BCUT2D eigenvalue weighted by Gasteiger charge is 2.92. The van der Waals surface area contributed by atoms with E-state index in [9.17, 15) is 13.6 Å². The summed E-state index contributed by atoms with van der Waals surface area (Å²) in [6.45, 7) is 2.10. The minimum absolute atomic E-state index is 0.00903. The Labute approximate surface area is 127 Å². The van der Waals surface area contributed by atoms with E-state index in [1.165, 1.54) is 0 Å². The normalized spacial score (nSPS) is 36.2. The number of alkyl halides is 2. The number of esters is 1. The van der Waals surface area contributed by atoms with Gasteiger partial charge < -0.3 is 9.47 Å². The summed E-state index contributed by atoms with van der Waals surface area (Å²) < 4.78 is 39.1. The molecular formula is C17H18F2O3. The summed E-state index contributed by atoms with van der Waals surface area (Å²) in [5.74, 6) is -3.81. The topological polar surface area (TPSA) is 35.5 Å². The highest BCUT2D eigenvalue weighted by atomic mass is 19.3. The number of hydrogen-bond acceptors (Lipinski definition) is 3. The van der Waals surface area contributed by atoms with E-state index in [1.54, 1.807) is 0 Å². The molecule has 2 unspecified atom stereocenters. The number of ether oxygens (including phenoxy) is 2. The zero-order chi connectivity index (χ0) is 15.5. The van der Waals surface area contributed by atoms with E-state index in [1.807, 2.05) is 31.2 Å². The van der Waals surface area contributed by atoms with E-state index < -0.39 is 23.2 Å². The SMILES string of the molecule is Cc1ccccc1OCCOC(=O)C12C3CC(CC31)C2(F)F. The number of para-hydroxylation sites is 1. The third-order valence-electron chi connectivity index (χ3n) is 5.69. The fourth-order valence-corrected chi connectivity index (χ4v) is 4.64. The summed E-state index contributed by atoms with van der Waals surface area (Å²) >= 11 is 0. The maximum absolute atomic E-state index is 14.2. The van der Waals surface area contributed by atoms with Crippen molar-refractivity contribution in [3.05, 3.63) is 29.8 Å². The monoisotopic (exact) mass is 308 g/mol. The summed E-state index contributed by atoms with van der Waals surface area (Å²) in [6, 6.07) is 7.51. The van der Waals surface area contributed by atoms with Crippen LogP contribution in [-0.4, -0.2) is 25.1 Å². The van der Waals surface area contributed by atoms with Crippen LogP contribution in [0.1, 0.15) is 18.4 Å². The number of carbonyl (C=O) groups is 1. The van der Waals surface area contributed by atoms with Crippen molar-refractivity contribution in [3.63, 3.8) is 0 Å². The van der Waals surface area contributed by atoms with E-state index >= 15 is 0 Å². The Morgan fingerprint density at radius 1 is 1.23 bits per heavy atom. The molecule has 4 aliphatic carbocycles. The van der Waals surface area contributed by atoms with Crippen molar-refractivity contribution in [2.75, 3.05) is 13.2 Å². The van der Waals surface area contributed by atoms with Gasteiger partial charge in [0.2, 0.25) is 0 Å². The third kappa shape index (κ3) is 1.57. The van der Waals surface area contributed by atoms with Crippen molar-refractivity contribution in [1.82, 2.24) is 0 Å². The number of halogens is 2. The first-order valence-corrected chi connectivity index (χ1v) is 7.73. The smallest absolute Gasteiger partial charge is 0.318 e. The van der Waals surface area contributed by atoms with E-state index in [0.717, 1.165) is 11.3 Å². The van der Waals surface area contributed by atoms with Crippen LogP contribution < -0.4 is 4.74 Å². The van der Waals surface area contributed by atoms with E-state index in [4.69, 9.17) is 9.47 Å². The maximum atomic E-state index is 14.2. The van der Waals surface area contributed by atoms with Crippen molar-refractivity contribution in [3.8, 4) is 5.75 Å². The molecular weight excluding hydrogens is 290 g/mol. The maximum Gasteiger partial charge on any atom is 0.318 e. The van der Waals surface area contributed by atoms with Gasteiger partial charge in [-0.25, -0.2) is 8.78 Å². The van der Waals surface area contributed by atoms with Gasteiger partial charge in [0.25, 0.3) is 5.92 Å². The zero-order valence-electron chi connectivity index (χ0n) is 12.4. The van der Waals surface area contributed by atoms with Crippen LogP contribution in [0.25, 0.3) is 0 Å². The minimum atomic E-state index is -2.88. The number of aryl methyl sites for hydroxylation is 1. The first kappa shape index (κ1) is 14.0. The number of hydrogen-bond donors (Lipinski definition) is 0. The molecule has 0 heterocycles. The largest absolute Gasteiger partial charge is 0.490 e. The quantitative estimate of drug-likeness (QED) is 0.619. The molecule has 0 aliphatic heterocycles. The molecule has 4 saturated carbocycles. The molecule has 0 amide bonds. The third-order valence-corrected chi connectivity index (χ3v) is 5.69. The number of carbonyl (C=O) groups excluding carboxylic acids is 1. The van der Waals surface area contributed by atoms with Crippen LogP contribution >= 0.6 is 0 Å². The highest BCUT2D eigenvalue weighted by molar-refractivity contribution is 5.85. The van der Waals surface area contributed by atoms with Gasteiger partial charge in [-0.05, 0) is 43.2 Å². The molecule has 5 heteroatoms. The first-order valence-electron chi connectivity index (χ1n) is 7.73. The Balaban J connectivity index is 1.33. The van der Waals surface area contributed by atoms with Gasteiger partial charge >= 0.3 is 5.97 Å². The first-order chi connectivity index (χ1) is 10.5. The molecule has 22 heavy (non-hydrogen) atoms. The van der Waals surface area contributed by atoms with Gasteiger partial charge in [0.05, 0.1) is 0 Å². The lowest BCUT2D eigenvalue weighted by atomic mass is 9.99. The molecule has 0 saturated heterocycles. The van der Waals surface area contributed by atoms with Crippen LogP contribution in [0.4, 0.5) is 8.78 Å². The fourth-order valence-electron chi connectivity index (χ4n) is 4.64. The van der Waals surface area contributed by atoms with Crippen LogP contribution in [0.15, 0.2) is 24.3 Å². The minimum Gasteiger partial charge on any atom is -0.490 e. The lowest BCUT2D eigenvalue weighted by molar-refractivity contribution is -0.168. The van der Waals surface area contributed by atoms with E-state index in [2.05, 4.69) is 0 Å². The molecule has 3 nitrogen and oxygen atoms in total. The Hall–Kier alpha value is -1.65. The fraction of sp³-hybridized carbons (Fsp3) is 0.588. The Bertz CT molecular complexity index is 616. The number of rotatable bonds is 5. The van der Waals surface area contributed by atoms with Gasteiger partial charge in [-0.1, -0.05) is 18.2 Å². The van der Waals surface area contributed by atoms with Crippen LogP contribution in [0.3, 0.4) is 0 Å². The summed E-state index contributed by atoms with van der Waals surface area (Å²) in [6.07, 6.45) is 0.957. The van der Waals surface area contributed by atoms with Crippen LogP contribution in [-0.2, 0) is 9.53 Å². The molecule has 4 aliphatic rings. The molecule has 0 radical (unpaired) electrons. The second-order valence-electron chi connectivity index (χ2n) is 6.62. The zero-order valence-corrected chi connectivity index (χ0v) is 12.4. The predicted octanol–water partition coefficient (Wildman–Crippen LogP) is 3.21. The summed E-state index contributed by atoms with van der Waals surface area (Å²) in [7, 11) is 0. The van der Waals surface area contributed by atoms with Crippen LogP contribution in [0.2, 0.25) is 0 Å². The molecule has 5 rings (SSSR count). The summed E-state index contributed by atoms with van der Waals surface area (Å²) in [5, 5.41) is 0. The lowest BCUT2D eigenvalue weighted by Crippen LogP contribution is -2.37. The van der Waals surface area contributed by atoms with Gasteiger partial charge in [-0.2, -0.15) is 0 Å². The molecule has 0 aromatic heterocycles. The lowest BCUT2D eigenvalue weighted by Gasteiger charge is -2.21.